The fraction of sp³-hybridized carbons (Fsp3) is 0. The van der Waals surface area contributed by atoms with E-state index in [0.29, 0.717) is 0 Å². The van der Waals surface area contributed by atoms with Crippen molar-refractivity contribution >= 4 is 65.6 Å². The Morgan fingerprint density at radius 2 is 0.684 bits per heavy atom. The molecule has 0 radical (unpaired) electrons. The third kappa shape index (κ3) is 4.99. The van der Waals surface area contributed by atoms with Crippen molar-refractivity contribution in [3.8, 4) is 44.8 Å². The predicted octanol–water partition coefficient (Wildman–Crippen LogP) is 14.8. The van der Waals surface area contributed by atoms with Gasteiger partial charge in [0.15, 0.2) is 0 Å². The van der Waals surface area contributed by atoms with E-state index in [2.05, 4.69) is 203 Å². The first-order valence-electron chi connectivity index (χ1n) is 19.5. The Morgan fingerprint density at radius 3 is 1.30 bits per heavy atom. The largest absolute Gasteiger partial charge is 0.456 e. The molecule has 12 rings (SSSR count). The molecule has 0 N–H and O–H groups in total. The molecule has 0 fully saturated rings. The van der Waals surface area contributed by atoms with Crippen LogP contribution in [0.1, 0.15) is 0 Å². The van der Waals surface area contributed by atoms with E-state index in [0.717, 1.165) is 38.8 Å². The molecule has 57 heavy (non-hydrogen) atoms. The Hall–Kier alpha value is -7.62. The summed E-state index contributed by atoms with van der Waals surface area (Å²) >= 11 is 0. The van der Waals surface area contributed by atoms with Crippen molar-refractivity contribution in [3.63, 3.8) is 0 Å². The van der Waals surface area contributed by atoms with Gasteiger partial charge in [0.05, 0.1) is 22.1 Å². The first kappa shape index (κ1) is 31.7. The Bertz CT molecular complexity index is 3470. The molecule has 0 unspecified atom stereocenters. The summed E-state index contributed by atoms with van der Waals surface area (Å²) in [5.74, 6) is 0. The Morgan fingerprint density at radius 1 is 0.246 bits per heavy atom. The average Bonchev–Trinajstić information content (AvgIpc) is 3.93. The third-order valence-electron chi connectivity index (χ3n) is 11.8. The number of furan rings is 1. The standard InChI is InChI=1S/C54H34N2O/c1-2-10-35(11-3-1)40-26-31-51-46(32-40)43-12-4-7-15-49(43)55(51)41-27-22-38(23-28-41)36-18-20-37(21-19-36)39-24-29-42(30-25-39)56-50-16-8-5-13-44(50)47-33-48-45-14-6-9-17-53(45)57-54(48)34-52(47)56/h1-34H. The summed E-state index contributed by atoms with van der Waals surface area (Å²) in [6.45, 7) is 0. The molecule has 3 aromatic heterocycles. The zero-order valence-corrected chi connectivity index (χ0v) is 30.9. The number of benzene rings is 9. The van der Waals surface area contributed by atoms with Gasteiger partial charge in [0.25, 0.3) is 0 Å². The highest BCUT2D eigenvalue weighted by molar-refractivity contribution is 6.17. The molecule has 12 aromatic rings. The quantitative estimate of drug-likeness (QED) is 0.173. The van der Waals surface area contributed by atoms with E-state index in [9.17, 15) is 0 Å². The molecule has 0 aliphatic heterocycles. The van der Waals surface area contributed by atoms with Crippen LogP contribution in [0.15, 0.2) is 211 Å². The Kier molecular flexibility index (Phi) is 6.93. The second-order valence-electron chi connectivity index (χ2n) is 14.9. The van der Waals surface area contributed by atoms with Crippen LogP contribution in [0.2, 0.25) is 0 Å². The molecule has 0 saturated carbocycles. The van der Waals surface area contributed by atoms with Crippen molar-refractivity contribution in [1.82, 2.24) is 9.13 Å². The number of para-hydroxylation sites is 3. The van der Waals surface area contributed by atoms with Crippen LogP contribution in [0.25, 0.3) is 110 Å². The highest BCUT2D eigenvalue weighted by atomic mass is 16.3. The molecule has 9 aromatic carbocycles. The van der Waals surface area contributed by atoms with Gasteiger partial charge >= 0.3 is 0 Å². The highest BCUT2D eigenvalue weighted by Gasteiger charge is 2.17. The minimum Gasteiger partial charge on any atom is -0.456 e. The smallest absolute Gasteiger partial charge is 0.137 e. The molecular weight excluding hydrogens is 693 g/mol. The first-order valence-corrected chi connectivity index (χ1v) is 19.5. The number of fused-ring (bicyclic) bond motifs is 9. The number of nitrogens with zero attached hydrogens (tertiary/aromatic N) is 2. The minimum absolute atomic E-state index is 0.906. The third-order valence-corrected chi connectivity index (χ3v) is 11.8. The summed E-state index contributed by atoms with van der Waals surface area (Å²) in [7, 11) is 0. The molecule has 0 spiro atoms. The van der Waals surface area contributed by atoms with Crippen LogP contribution in [0.4, 0.5) is 0 Å². The molecule has 0 amide bonds. The second kappa shape index (κ2) is 12.5. The van der Waals surface area contributed by atoms with Gasteiger partial charge in [-0.1, -0.05) is 140 Å². The molecule has 3 nitrogen and oxygen atoms in total. The van der Waals surface area contributed by atoms with Gasteiger partial charge in [0.2, 0.25) is 0 Å². The van der Waals surface area contributed by atoms with Crippen LogP contribution in [-0.4, -0.2) is 9.13 Å². The summed E-state index contributed by atoms with van der Waals surface area (Å²) in [5, 5.41) is 7.29. The van der Waals surface area contributed by atoms with Crippen molar-refractivity contribution in [2.24, 2.45) is 0 Å². The fourth-order valence-electron chi connectivity index (χ4n) is 8.99. The summed E-state index contributed by atoms with van der Waals surface area (Å²) < 4.78 is 11.1. The summed E-state index contributed by atoms with van der Waals surface area (Å²) in [6, 6.07) is 74.4. The lowest BCUT2D eigenvalue weighted by molar-refractivity contribution is 0.669. The van der Waals surface area contributed by atoms with E-state index in [4.69, 9.17) is 4.42 Å². The van der Waals surface area contributed by atoms with Gasteiger partial charge in [0.1, 0.15) is 11.2 Å². The minimum atomic E-state index is 0.906. The molecular formula is C54H34N2O. The molecule has 0 bridgehead atoms. The van der Waals surface area contributed by atoms with Gasteiger partial charge in [-0.05, 0) is 94.0 Å². The maximum absolute atomic E-state index is 6.32. The van der Waals surface area contributed by atoms with Crippen molar-refractivity contribution < 1.29 is 4.42 Å². The Labute approximate surface area is 328 Å². The predicted molar refractivity (Wildman–Crippen MR) is 239 cm³/mol. The second-order valence-corrected chi connectivity index (χ2v) is 14.9. The van der Waals surface area contributed by atoms with Gasteiger partial charge in [-0.2, -0.15) is 0 Å². The fourth-order valence-corrected chi connectivity index (χ4v) is 8.99. The normalized spacial score (nSPS) is 11.9. The van der Waals surface area contributed by atoms with E-state index in [1.54, 1.807) is 0 Å². The van der Waals surface area contributed by atoms with Gasteiger partial charge in [-0.25, -0.2) is 0 Å². The van der Waals surface area contributed by atoms with Crippen LogP contribution in [0.5, 0.6) is 0 Å². The molecule has 0 saturated heterocycles. The van der Waals surface area contributed by atoms with Crippen molar-refractivity contribution in [1.29, 1.82) is 0 Å². The lowest BCUT2D eigenvalue weighted by Crippen LogP contribution is -1.94. The molecule has 3 heteroatoms. The van der Waals surface area contributed by atoms with Crippen LogP contribution in [0, 0.1) is 0 Å². The lowest BCUT2D eigenvalue weighted by Gasteiger charge is -2.11. The van der Waals surface area contributed by atoms with Crippen LogP contribution >= 0.6 is 0 Å². The average molecular weight is 727 g/mol. The maximum atomic E-state index is 6.32. The SMILES string of the molecule is c1ccc(-c2ccc3c(c2)c2ccccc2n3-c2ccc(-c3ccc(-c4ccc(-n5c6ccccc6c6cc7c(cc65)oc5ccccc57)cc4)cc3)cc2)cc1. The van der Waals surface area contributed by atoms with Crippen molar-refractivity contribution in [3.05, 3.63) is 206 Å². The first-order chi connectivity index (χ1) is 28.2. The van der Waals surface area contributed by atoms with Gasteiger partial charge in [-0.15, -0.1) is 0 Å². The van der Waals surface area contributed by atoms with Crippen molar-refractivity contribution in [2.45, 2.75) is 0 Å². The molecule has 266 valence electrons. The molecule has 0 aliphatic rings. The maximum Gasteiger partial charge on any atom is 0.137 e. The van der Waals surface area contributed by atoms with E-state index >= 15 is 0 Å². The van der Waals surface area contributed by atoms with E-state index in [1.807, 2.05) is 12.1 Å². The van der Waals surface area contributed by atoms with Crippen LogP contribution in [0.3, 0.4) is 0 Å². The molecule has 0 aliphatic carbocycles. The number of rotatable bonds is 5. The van der Waals surface area contributed by atoms with Crippen molar-refractivity contribution in [2.75, 3.05) is 0 Å². The van der Waals surface area contributed by atoms with Crippen LogP contribution in [-0.2, 0) is 0 Å². The zero-order valence-electron chi connectivity index (χ0n) is 30.9. The lowest BCUT2D eigenvalue weighted by atomic mass is 10.00. The van der Waals surface area contributed by atoms with Gasteiger partial charge in [0, 0.05) is 49.8 Å². The highest BCUT2D eigenvalue weighted by Crippen LogP contribution is 2.39. The Balaban J connectivity index is 0.855. The number of hydrogen-bond donors (Lipinski definition) is 0. The number of aromatic nitrogens is 2. The summed E-state index contributed by atoms with van der Waals surface area (Å²) in [5.41, 5.74) is 16.1. The number of hydrogen-bond acceptors (Lipinski definition) is 1. The monoisotopic (exact) mass is 726 g/mol. The van der Waals surface area contributed by atoms with E-state index in [1.165, 1.54) is 71.5 Å². The van der Waals surface area contributed by atoms with Gasteiger partial charge < -0.3 is 13.6 Å². The zero-order chi connectivity index (χ0) is 37.5. The topological polar surface area (TPSA) is 23.0 Å². The van der Waals surface area contributed by atoms with Crippen LogP contribution < -0.4 is 0 Å². The molecule has 0 atom stereocenters. The van der Waals surface area contributed by atoms with E-state index in [-0.39, 0.29) is 0 Å². The summed E-state index contributed by atoms with van der Waals surface area (Å²) in [6.07, 6.45) is 0. The van der Waals surface area contributed by atoms with Gasteiger partial charge in [-0.3, -0.25) is 0 Å². The summed E-state index contributed by atoms with van der Waals surface area (Å²) in [4.78, 5) is 0. The van der Waals surface area contributed by atoms with E-state index < -0.39 is 0 Å². The molecule has 3 heterocycles.